The van der Waals surface area contributed by atoms with Gasteiger partial charge in [-0.2, -0.15) is 0 Å². The second-order valence-corrected chi connectivity index (χ2v) is 6.04. The maximum Gasteiger partial charge on any atom is 0.261 e. The maximum atomic E-state index is 11.9. The summed E-state index contributed by atoms with van der Waals surface area (Å²) in [7, 11) is 1.55. The fraction of sp³-hybridized carbons (Fsp3) is 0.250. The summed E-state index contributed by atoms with van der Waals surface area (Å²) in [6.07, 6.45) is 0.198. The molecule has 0 aliphatic carbocycles. The number of carbonyl (C=O) groups excluding carboxylic acids is 2. The number of nitrogens with one attached hydrogen (secondary N) is 2. The van der Waals surface area contributed by atoms with Gasteiger partial charge in [-0.05, 0) is 23.6 Å². The van der Waals surface area contributed by atoms with Crippen LogP contribution in [0.1, 0.15) is 21.7 Å². The highest BCUT2D eigenvalue weighted by molar-refractivity contribution is 7.12. The normalized spacial score (nSPS) is 10.2. The smallest absolute Gasteiger partial charge is 0.261 e. The van der Waals surface area contributed by atoms with Crippen molar-refractivity contribution in [2.75, 3.05) is 13.7 Å². The summed E-state index contributed by atoms with van der Waals surface area (Å²) in [6, 6.07) is 8.86. The van der Waals surface area contributed by atoms with Crippen molar-refractivity contribution in [2.24, 2.45) is 0 Å². The van der Waals surface area contributed by atoms with E-state index in [0.717, 1.165) is 5.56 Å². The number of hydrogen-bond acceptors (Lipinski definition) is 4. The van der Waals surface area contributed by atoms with Crippen molar-refractivity contribution in [1.82, 2.24) is 10.6 Å². The highest BCUT2D eigenvalue weighted by Gasteiger charge is 2.10. The summed E-state index contributed by atoms with van der Waals surface area (Å²) < 4.78 is 5.22. The third kappa shape index (κ3) is 4.97. The third-order valence-electron chi connectivity index (χ3n) is 3.14. The van der Waals surface area contributed by atoms with E-state index in [2.05, 4.69) is 10.6 Å². The first-order valence-corrected chi connectivity index (χ1v) is 8.27. The standard InChI is InChI=1S/C16H17ClN2O3S/c1-22-13-5-2-4-12(17)11(13)10-19-15(20)7-8-18-16(21)14-6-3-9-23-14/h2-6,9H,7-8,10H2,1H3,(H,18,21)(H,19,20). The van der Waals surface area contributed by atoms with Crippen molar-refractivity contribution in [3.05, 3.63) is 51.2 Å². The Kier molecular flexibility index (Phi) is 6.43. The average molecular weight is 353 g/mol. The molecule has 1 aromatic heterocycles. The van der Waals surface area contributed by atoms with Gasteiger partial charge in [-0.1, -0.05) is 23.7 Å². The average Bonchev–Trinajstić information content (AvgIpc) is 3.08. The number of thiophene rings is 1. The molecular weight excluding hydrogens is 336 g/mol. The van der Waals surface area contributed by atoms with Crippen molar-refractivity contribution in [2.45, 2.75) is 13.0 Å². The number of ether oxygens (including phenoxy) is 1. The van der Waals surface area contributed by atoms with Crippen LogP contribution in [0.25, 0.3) is 0 Å². The molecule has 122 valence electrons. The second-order valence-electron chi connectivity index (χ2n) is 4.68. The zero-order valence-corrected chi connectivity index (χ0v) is 14.2. The Morgan fingerprint density at radius 2 is 2.04 bits per heavy atom. The minimum absolute atomic E-state index is 0.166. The van der Waals surface area contributed by atoms with Crippen LogP contribution in [-0.4, -0.2) is 25.5 Å². The Bertz CT molecular complexity index is 674. The first kappa shape index (κ1) is 17.3. The lowest BCUT2D eigenvalue weighted by atomic mass is 10.2. The Hall–Kier alpha value is -2.05. The molecule has 0 unspecified atom stereocenters. The zero-order chi connectivity index (χ0) is 16.7. The molecule has 2 aromatic rings. The Balaban J connectivity index is 1.76. The first-order chi connectivity index (χ1) is 11.1. The van der Waals surface area contributed by atoms with E-state index < -0.39 is 0 Å². The molecule has 0 radical (unpaired) electrons. The van der Waals surface area contributed by atoms with Gasteiger partial charge < -0.3 is 15.4 Å². The summed E-state index contributed by atoms with van der Waals surface area (Å²) in [6.45, 7) is 0.558. The lowest BCUT2D eigenvalue weighted by molar-refractivity contribution is -0.121. The molecule has 0 bridgehead atoms. The van der Waals surface area contributed by atoms with Crippen LogP contribution in [0.4, 0.5) is 0 Å². The summed E-state index contributed by atoms with van der Waals surface area (Å²) in [5.41, 5.74) is 0.729. The lowest BCUT2D eigenvalue weighted by Crippen LogP contribution is -2.30. The number of benzene rings is 1. The van der Waals surface area contributed by atoms with Crippen molar-refractivity contribution in [3.63, 3.8) is 0 Å². The summed E-state index contributed by atoms with van der Waals surface area (Å²) in [5, 5.41) is 7.85. The summed E-state index contributed by atoms with van der Waals surface area (Å²) >= 11 is 7.47. The molecular formula is C16H17ClN2O3S. The van der Waals surface area contributed by atoms with Crippen LogP contribution < -0.4 is 15.4 Å². The second kappa shape index (κ2) is 8.55. The van der Waals surface area contributed by atoms with Gasteiger partial charge in [0.15, 0.2) is 0 Å². The summed E-state index contributed by atoms with van der Waals surface area (Å²) in [5.74, 6) is 0.294. The van der Waals surface area contributed by atoms with Gasteiger partial charge in [-0.25, -0.2) is 0 Å². The fourth-order valence-corrected chi connectivity index (χ4v) is 2.83. The lowest BCUT2D eigenvalue weighted by Gasteiger charge is -2.11. The highest BCUT2D eigenvalue weighted by Crippen LogP contribution is 2.25. The van der Waals surface area contributed by atoms with Gasteiger partial charge in [0.25, 0.3) is 5.91 Å². The molecule has 0 spiro atoms. The molecule has 0 aliphatic heterocycles. The van der Waals surface area contributed by atoms with Crippen LogP contribution in [0, 0.1) is 0 Å². The van der Waals surface area contributed by atoms with E-state index in [9.17, 15) is 9.59 Å². The zero-order valence-electron chi connectivity index (χ0n) is 12.6. The van der Waals surface area contributed by atoms with Crippen molar-refractivity contribution in [1.29, 1.82) is 0 Å². The molecule has 0 aliphatic rings. The SMILES string of the molecule is COc1cccc(Cl)c1CNC(=O)CCNC(=O)c1cccs1. The first-order valence-electron chi connectivity index (χ1n) is 7.01. The molecule has 7 heteroatoms. The number of halogens is 1. The van der Waals surface area contributed by atoms with Crippen molar-refractivity contribution >= 4 is 34.8 Å². The monoisotopic (exact) mass is 352 g/mol. The molecule has 23 heavy (non-hydrogen) atoms. The van der Waals surface area contributed by atoms with Gasteiger partial charge in [0, 0.05) is 30.1 Å². The van der Waals surface area contributed by atoms with Crippen LogP contribution in [0.3, 0.4) is 0 Å². The van der Waals surface area contributed by atoms with Gasteiger partial charge in [-0.3, -0.25) is 9.59 Å². The van der Waals surface area contributed by atoms with Crippen LogP contribution in [0.2, 0.25) is 5.02 Å². The fourth-order valence-electron chi connectivity index (χ4n) is 1.96. The van der Waals surface area contributed by atoms with Gasteiger partial charge in [0.2, 0.25) is 5.91 Å². The van der Waals surface area contributed by atoms with Gasteiger partial charge in [0.05, 0.1) is 12.0 Å². The molecule has 5 nitrogen and oxygen atoms in total. The van der Waals surface area contributed by atoms with Gasteiger partial charge in [0.1, 0.15) is 5.75 Å². The number of rotatable bonds is 7. The number of amides is 2. The molecule has 0 atom stereocenters. The topological polar surface area (TPSA) is 67.4 Å². The maximum absolute atomic E-state index is 11.9. The Morgan fingerprint density at radius 3 is 2.74 bits per heavy atom. The third-order valence-corrected chi connectivity index (χ3v) is 4.36. The van der Waals surface area contributed by atoms with Crippen LogP contribution >= 0.6 is 22.9 Å². The molecule has 0 saturated carbocycles. The van der Waals surface area contributed by atoms with Crippen LogP contribution in [-0.2, 0) is 11.3 Å². The number of methoxy groups -OCH3 is 1. The van der Waals surface area contributed by atoms with Crippen molar-refractivity contribution < 1.29 is 14.3 Å². The molecule has 1 aromatic carbocycles. The molecule has 2 N–H and O–H groups in total. The van der Waals surface area contributed by atoms with E-state index in [4.69, 9.17) is 16.3 Å². The van der Waals surface area contributed by atoms with Gasteiger partial charge in [-0.15, -0.1) is 11.3 Å². The van der Waals surface area contributed by atoms with Crippen molar-refractivity contribution in [3.8, 4) is 5.75 Å². The molecule has 0 saturated heterocycles. The molecule has 2 rings (SSSR count). The van der Waals surface area contributed by atoms with E-state index >= 15 is 0 Å². The Labute approximate surface area is 143 Å². The highest BCUT2D eigenvalue weighted by atomic mass is 35.5. The molecule has 2 amide bonds. The van der Waals surface area contributed by atoms with Crippen LogP contribution in [0.15, 0.2) is 35.7 Å². The Morgan fingerprint density at radius 1 is 1.22 bits per heavy atom. The van der Waals surface area contributed by atoms with E-state index in [1.807, 2.05) is 11.4 Å². The number of carbonyl (C=O) groups is 2. The quantitative estimate of drug-likeness (QED) is 0.805. The van der Waals surface area contributed by atoms with E-state index in [1.165, 1.54) is 11.3 Å². The minimum Gasteiger partial charge on any atom is -0.496 e. The summed E-state index contributed by atoms with van der Waals surface area (Å²) in [4.78, 5) is 24.2. The predicted molar refractivity (Wildman–Crippen MR) is 91.1 cm³/mol. The van der Waals surface area contributed by atoms with E-state index in [1.54, 1.807) is 31.4 Å². The molecule has 1 heterocycles. The number of hydrogen-bond donors (Lipinski definition) is 2. The van der Waals surface area contributed by atoms with E-state index in [-0.39, 0.29) is 31.3 Å². The van der Waals surface area contributed by atoms with E-state index in [0.29, 0.717) is 15.6 Å². The van der Waals surface area contributed by atoms with Gasteiger partial charge >= 0.3 is 0 Å². The van der Waals surface area contributed by atoms with Crippen LogP contribution in [0.5, 0.6) is 5.75 Å². The minimum atomic E-state index is -0.168. The molecule has 0 fully saturated rings. The largest absolute Gasteiger partial charge is 0.496 e. The predicted octanol–water partition coefficient (Wildman–Crippen LogP) is 2.85.